The Labute approximate surface area is 178 Å². The summed E-state index contributed by atoms with van der Waals surface area (Å²) < 4.78 is 6.07. The molecule has 1 amide bonds. The van der Waals surface area contributed by atoms with Gasteiger partial charge in [-0.3, -0.25) is 4.79 Å². The van der Waals surface area contributed by atoms with Crippen molar-refractivity contribution in [2.24, 2.45) is 0 Å². The van der Waals surface area contributed by atoms with E-state index < -0.39 is 0 Å². The molecule has 144 valence electrons. The molecule has 3 aromatic carbocycles. The topological polar surface area (TPSA) is 33.5 Å². The summed E-state index contributed by atoms with van der Waals surface area (Å²) in [5, 5.41) is 1.71. The van der Waals surface area contributed by atoms with Crippen molar-refractivity contribution in [1.29, 1.82) is 0 Å². The Bertz CT molecular complexity index is 1200. The lowest BCUT2D eigenvalue weighted by Gasteiger charge is -2.16. The average molecular weight is 420 g/mol. The standard InChI is InChI=1S/C24H18ClNO2S/c25-17-9-11-18(12-10-17)29-15-20-19-6-2-4-8-22(19)28-23(20)24(27)26-14-13-16-5-1-3-7-21(16)26/h1-12H,13-15H2. The molecular weight excluding hydrogens is 402 g/mol. The van der Waals surface area contributed by atoms with Crippen molar-refractivity contribution in [1.82, 2.24) is 0 Å². The molecule has 0 unspecified atom stereocenters. The highest BCUT2D eigenvalue weighted by molar-refractivity contribution is 7.98. The number of carbonyl (C=O) groups excluding carboxylic acids is 1. The van der Waals surface area contributed by atoms with Crippen LogP contribution in [0, 0.1) is 0 Å². The second-order valence-corrected chi connectivity index (χ2v) is 8.47. The first kappa shape index (κ1) is 18.3. The van der Waals surface area contributed by atoms with E-state index in [2.05, 4.69) is 6.07 Å². The fourth-order valence-corrected chi connectivity index (χ4v) is 4.83. The van der Waals surface area contributed by atoms with E-state index in [-0.39, 0.29) is 5.91 Å². The monoisotopic (exact) mass is 419 g/mol. The van der Waals surface area contributed by atoms with Gasteiger partial charge in [0, 0.05) is 38.9 Å². The van der Waals surface area contributed by atoms with Gasteiger partial charge in [-0.15, -0.1) is 11.8 Å². The number of furan rings is 1. The van der Waals surface area contributed by atoms with Gasteiger partial charge < -0.3 is 9.32 Å². The molecule has 0 bridgehead atoms. The Morgan fingerprint density at radius 1 is 1.00 bits per heavy atom. The molecule has 0 fully saturated rings. The number of rotatable bonds is 4. The van der Waals surface area contributed by atoms with Crippen LogP contribution in [0.2, 0.25) is 5.02 Å². The molecule has 0 spiro atoms. The lowest BCUT2D eigenvalue weighted by molar-refractivity contribution is 0.0964. The summed E-state index contributed by atoms with van der Waals surface area (Å²) >= 11 is 7.67. The zero-order valence-electron chi connectivity index (χ0n) is 15.6. The third-order valence-corrected chi connectivity index (χ3v) is 6.51. The summed E-state index contributed by atoms with van der Waals surface area (Å²) in [6, 6.07) is 23.7. The largest absolute Gasteiger partial charge is 0.451 e. The summed E-state index contributed by atoms with van der Waals surface area (Å²) in [6.07, 6.45) is 0.872. The maximum atomic E-state index is 13.5. The number of para-hydroxylation sites is 2. The zero-order valence-corrected chi connectivity index (χ0v) is 17.2. The zero-order chi connectivity index (χ0) is 19.8. The number of hydrogen-bond acceptors (Lipinski definition) is 3. The van der Waals surface area contributed by atoms with Gasteiger partial charge in [0.2, 0.25) is 0 Å². The predicted octanol–water partition coefficient (Wildman–Crippen LogP) is 6.58. The van der Waals surface area contributed by atoms with Gasteiger partial charge in [-0.05, 0) is 48.4 Å². The highest BCUT2D eigenvalue weighted by Crippen LogP contribution is 2.35. The SMILES string of the molecule is O=C(c1oc2ccccc2c1CSc1ccc(Cl)cc1)N1CCc2ccccc21. The highest BCUT2D eigenvalue weighted by atomic mass is 35.5. The molecule has 5 heteroatoms. The Hall–Kier alpha value is -2.69. The molecule has 0 saturated heterocycles. The quantitative estimate of drug-likeness (QED) is 0.350. The van der Waals surface area contributed by atoms with E-state index in [1.807, 2.05) is 71.6 Å². The Morgan fingerprint density at radius 3 is 2.62 bits per heavy atom. The van der Waals surface area contributed by atoms with Crippen molar-refractivity contribution < 1.29 is 9.21 Å². The van der Waals surface area contributed by atoms with E-state index in [1.165, 1.54) is 5.56 Å². The first-order valence-electron chi connectivity index (χ1n) is 9.49. The summed E-state index contributed by atoms with van der Waals surface area (Å²) in [5.74, 6) is 1.01. The molecule has 2 heterocycles. The van der Waals surface area contributed by atoms with E-state index in [0.29, 0.717) is 23.1 Å². The molecule has 1 aliphatic heterocycles. The maximum Gasteiger partial charge on any atom is 0.294 e. The van der Waals surface area contributed by atoms with E-state index >= 15 is 0 Å². The molecule has 0 saturated carbocycles. The summed E-state index contributed by atoms with van der Waals surface area (Å²) in [5.41, 5.74) is 3.87. The smallest absolute Gasteiger partial charge is 0.294 e. The number of nitrogens with zero attached hydrogens (tertiary/aromatic N) is 1. The van der Waals surface area contributed by atoms with Gasteiger partial charge in [-0.2, -0.15) is 0 Å². The second kappa shape index (κ2) is 7.62. The van der Waals surface area contributed by atoms with E-state index in [0.717, 1.165) is 33.5 Å². The van der Waals surface area contributed by atoms with Crippen LogP contribution < -0.4 is 4.90 Å². The minimum Gasteiger partial charge on any atom is -0.451 e. The predicted molar refractivity (Wildman–Crippen MR) is 119 cm³/mol. The number of amides is 1. The van der Waals surface area contributed by atoms with Crippen LogP contribution in [-0.4, -0.2) is 12.5 Å². The average Bonchev–Trinajstić information content (AvgIpc) is 3.35. The normalized spacial score (nSPS) is 13.1. The lowest BCUT2D eigenvalue weighted by atomic mass is 10.1. The highest BCUT2D eigenvalue weighted by Gasteiger charge is 2.30. The van der Waals surface area contributed by atoms with Crippen LogP contribution in [0.25, 0.3) is 11.0 Å². The summed E-state index contributed by atoms with van der Waals surface area (Å²) in [4.78, 5) is 16.4. The Kier molecular flexibility index (Phi) is 4.82. The number of anilines is 1. The first-order valence-corrected chi connectivity index (χ1v) is 10.9. The fourth-order valence-electron chi connectivity index (χ4n) is 3.77. The molecular formula is C24H18ClNO2S. The molecule has 29 heavy (non-hydrogen) atoms. The Balaban J connectivity index is 1.51. The molecule has 0 radical (unpaired) electrons. The number of carbonyl (C=O) groups is 1. The molecule has 4 aromatic rings. The minimum atomic E-state index is -0.0714. The molecule has 0 aliphatic carbocycles. The third kappa shape index (κ3) is 3.43. The molecule has 1 aliphatic rings. The van der Waals surface area contributed by atoms with E-state index in [9.17, 15) is 4.79 Å². The van der Waals surface area contributed by atoms with Crippen LogP contribution in [0.5, 0.6) is 0 Å². The van der Waals surface area contributed by atoms with Crippen LogP contribution in [0.15, 0.2) is 82.1 Å². The molecule has 0 N–H and O–H groups in total. The van der Waals surface area contributed by atoms with Gasteiger partial charge in [0.05, 0.1) is 0 Å². The molecule has 5 rings (SSSR count). The van der Waals surface area contributed by atoms with Crippen molar-refractivity contribution >= 4 is 45.9 Å². The van der Waals surface area contributed by atoms with Crippen LogP contribution >= 0.6 is 23.4 Å². The minimum absolute atomic E-state index is 0.0714. The first-order chi connectivity index (χ1) is 14.2. The van der Waals surface area contributed by atoms with Gasteiger partial charge in [0.15, 0.2) is 5.76 Å². The fraction of sp³-hybridized carbons (Fsp3) is 0.125. The van der Waals surface area contributed by atoms with Crippen LogP contribution in [0.1, 0.15) is 21.7 Å². The van der Waals surface area contributed by atoms with E-state index in [1.54, 1.807) is 11.8 Å². The van der Waals surface area contributed by atoms with Gasteiger partial charge in [-0.25, -0.2) is 0 Å². The van der Waals surface area contributed by atoms with Gasteiger partial charge in [0.1, 0.15) is 5.58 Å². The van der Waals surface area contributed by atoms with Crippen molar-refractivity contribution in [3.05, 3.63) is 94.7 Å². The van der Waals surface area contributed by atoms with Gasteiger partial charge in [-0.1, -0.05) is 48.0 Å². The number of benzene rings is 3. The lowest BCUT2D eigenvalue weighted by Crippen LogP contribution is -2.29. The van der Waals surface area contributed by atoms with Crippen molar-refractivity contribution in [3.8, 4) is 0 Å². The van der Waals surface area contributed by atoms with Crippen molar-refractivity contribution in [2.75, 3.05) is 11.4 Å². The van der Waals surface area contributed by atoms with Crippen molar-refractivity contribution in [3.63, 3.8) is 0 Å². The molecule has 1 aromatic heterocycles. The summed E-state index contributed by atoms with van der Waals surface area (Å²) in [7, 11) is 0. The van der Waals surface area contributed by atoms with Gasteiger partial charge >= 0.3 is 0 Å². The van der Waals surface area contributed by atoms with Gasteiger partial charge in [0.25, 0.3) is 5.91 Å². The molecule has 0 atom stereocenters. The van der Waals surface area contributed by atoms with E-state index in [4.69, 9.17) is 16.0 Å². The third-order valence-electron chi connectivity index (χ3n) is 5.22. The van der Waals surface area contributed by atoms with Crippen LogP contribution in [-0.2, 0) is 12.2 Å². The number of thioether (sulfide) groups is 1. The summed E-state index contributed by atoms with van der Waals surface area (Å²) in [6.45, 7) is 0.680. The number of hydrogen-bond donors (Lipinski definition) is 0. The van der Waals surface area contributed by atoms with Crippen LogP contribution in [0.4, 0.5) is 5.69 Å². The number of halogens is 1. The molecule has 3 nitrogen and oxygen atoms in total. The second-order valence-electron chi connectivity index (χ2n) is 6.98. The maximum absolute atomic E-state index is 13.5. The van der Waals surface area contributed by atoms with Crippen molar-refractivity contribution in [2.45, 2.75) is 17.1 Å². The van der Waals surface area contributed by atoms with Crippen LogP contribution in [0.3, 0.4) is 0 Å². The Morgan fingerprint density at radius 2 is 1.76 bits per heavy atom. The number of fused-ring (bicyclic) bond motifs is 2.